The van der Waals surface area contributed by atoms with E-state index in [0.717, 1.165) is 13.0 Å². The second-order valence-electron chi connectivity index (χ2n) is 6.35. The monoisotopic (exact) mass is 384 g/mol. The van der Waals surface area contributed by atoms with Gasteiger partial charge in [-0.1, -0.05) is 18.2 Å². The number of carbonyl (C=O) groups excluding carboxylic acids is 3. The highest BCUT2D eigenvalue weighted by Crippen LogP contribution is 2.30. The Morgan fingerprint density at radius 3 is 2.67 bits per heavy atom. The van der Waals surface area contributed by atoms with Gasteiger partial charge in [-0.2, -0.15) is 5.10 Å². The van der Waals surface area contributed by atoms with Crippen molar-refractivity contribution in [2.45, 2.75) is 6.42 Å². The fraction of sp³-hybridized carbons (Fsp3) is 0.263. The zero-order chi connectivity index (χ0) is 19.4. The lowest BCUT2D eigenvalue weighted by Crippen LogP contribution is -2.21. The minimum atomic E-state index is -0.529. The number of aromatic nitrogens is 2. The number of benzene rings is 1. The van der Waals surface area contributed by atoms with Crippen molar-refractivity contribution in [3.63, 3.8) is 0 Å². The molecule has 0 spiro atoms. The molecule has 8 heteroatoms. The van der Waals surface area contributed by atoms with Crippen molar-refractivity contribution >= 4 is 34.9 Å². The Hall–Kier alpha value is -2.71. The molecule has 1 aromatic heterocycles. The molecule has 2 aromatic rings. The molecule has 0 saturated heterocycles. The van der Waals surface area contributed by atoms with E-state index in [0.29, 0.717) is 16.3 Å². The van der Waals surface area contributed by atoms with Gasteiger partial charge in [-0.15, -0.1) is 11.8 Å². The van der Waals surface area contributed by atoms with E-state index in [-0.39, 0.29) is 28.5 Å². The van der Waals surface area contributed by atoms with Crippen molar-refractivity contribution in [2.75, 3.05) is 31.7 Å². The molecule has 1 aliphatic carbocycles. The van der Waals surface area contributed by atoms with Gasteiger partial charge in [0.05, 0.1) is 10.5 Å². The maximum atomic E-state index is 12.8. The van der Waals surface area contributed by atoms with Crippen molar-refractivity contribution in [2.24, 2.45) is 0 Å². The minimum absolute atomic E-state index is 0.0473. The van der Waals surface area contributed by atoms with Crippen molar-refractivity contribution in [3.8, 4) is 0 Å². The van der Waals surface area contributed by atoms with Crippen LogP contribution in [0.5, 0.6) is 0 Å². The summed E-state index contributed by atoms with van der Waals surface area (Å²) >= 11 is 1.33. The van der Waals surface area contributed by atoms with E-state index in [1.54, 1.807) is 24.3 Å². The number of ketones is 2. The molecule has 0 aliphatic heterocycles. The van der Waals surface area contributed by atoms with Crippen LogP contribution in [0.1, 0.15) is 37.8 Å². The number of nitrogens with one attached hydrogen (secondary N) is 2. The van der Waals surface area contributed by atoms with Crippen LogP contribution < -0.4 is 5.32 Å². The van der Waals surface area contributed by atoms with Crippen molar-refractivity contribution in [1.29, 1.82) is 0 Å². The van der Waals surface area contributed by atoms with Gasteiger partial charge in [0.2, 0.25) is 11.6 Å². The molecule has 0 bridgehead atoms. The van der Waals surface area contributed by atoms with Crippen LogP contribution >= 0.6 is 11.8 Å². The number of thioether (sulfide) groups is 1. The van der Waals surface area contributed by atoms with E-state index in [1.807, 2.05) is 20.2 Å². The largest absolute Gasteiger partial charge is 0.321 e. The summed E-state index contributed by atoms with van der Waals surface area (Å²) in [6.45, 7) is 0.893. The number of nitrogens with zero attached hydrogens (tertiary/aromatic N) is 2. The van der Waals surface area contributed by atoms with Crippen LogP contribution in [0.25, 0.3) is 0 Å². The van der Waals surface area contributed by atoms with Crippen molar-refractivity contribution in [1.82, 2.24) is 15.1 Å². The van der Waals surface area contributed by atoms with Crippen LogP contribution in [0.4, 0.5) is 5.69 Å². The normalized spacial score (nSPS) is 13.5. The molecule has 140 valence electrons. The molecule has 0 radical (unpaired) electrons. The van der Waals surface area contributed by atoms with Gasteiger partial charge < -0.3 is 10.2 Å². The molecule has 3 rings (SSSR count). The first kappa shape index (κ1) is 19.1. The number of Topliss-reactive ketones (excluding diaryl/α,β-unsaturated/α-hetero) is 1. The second kappa shape index (κ2) is 8.32. The minimum Gasteiger partial charge on any atom is -0.321 e. The smallest absolute Gasteiger partial charge is 0.276 e. The van der Waals surface area contributed by atoms with Crippen molar-refractivity contribution in [3.05, 3.63) is 58.3 Å². The predicted molar refractivity (Wildman–Crippen MR) is 105 cm³/mol. The quantitative estimate of drug-likeness (QED) is 0.713. The second-order valence-corrected chi connectivity index (χ2v) is 7.49. The number of hydrogen-bond donors (Lipinski definition) is 2. The number of H-pyrrole nitrogens is 1. The van der Waals surface area contributed by atoms with Crippen molar-refractivity contribution < 1.29 is 14.4 Å². The molecule has 1 heterocycles. The Labute approximate surface area is 161 Å². The zero-order valence-corrected chi connectivity index (χ0v) is 15.9. The standard InChI is InChI=1S/C19H20N4O3S/c1-23(2)9-6-10-27-14-11-13(24)16-15(18(14)25)17(22-21-16)19(26)20-12-7-4-3-5-8-12/h3-5,7-8,11H,6,9-10H2,1-2H3,(H,20,26)(H,21,22). The number of aromatic amines is 1. The topological polar surface area (TPSA) is 95.2 Å². The van der Waals surface area contributed by atoms with E-state index < -0.39 is 5.91 Å². The maximum Gasteiger partial charge on any atom is 0.276 e. The predicted octanol–water partition coefficient (Wildman–Crippen LogP) is 2.61. The highest BCUT2D eigenvalue weighted by molar-refractivity contribution is 8.04. The number of amides is 1. The third-order valence-corrected chi connectivity index (χ3v) is 5.09. The number of carbonyl (C=O) groups is 3. The molecule has 0 atom stereocenters. The van der Waals surface area contributed by atoms with Crippen LogP contribution in [0.3, 0.4) is 0 Å². The van der Waals surface area contributed by atoms with Gasteiger partial charge in [0.25, 0.3) is 5.91 Å². The molecule has 1 amide bonds. The number of fused-ring (bicyclic) bond motifs is 1. The SMILES string of the molecule is CN(C)CCCSC1=CC(=O)c2[nH]nc(C(=O)Nc3ccccc3)c2C1=O. The molecule has 0 saturated carbocycles. The summed E-state index contributed by atoms with van der Waals surface area (Å²) in [4.78, 5) is 40.1. The van der Waals surface area contributed by atoms with Crippen LogP contribution in [0, 0.1) is 0 Å². The van der Waals surface area contributed by atoms with E-state index in [2.05, 4.69) is 20.4 Å². The fourth-order valence-electron chi connectivity index (χ4n) is 2.67. The summed E-state index contributed by atoms with van der Waals surface area (Å²) in [6, 6.07) is 8.87. The highest BCUT2D eigenvalue weighted by Gasteiger charge is 2.33. The summed E-state index contributed by atoms with van der Waals surface area (Å²) in [5, 5.41) is 9.15. The lowest BCUT2D eigenvalue weighted by molar-refractivity contribution is 0.0979. The van der Waals surface area contributed by atoms with Crippen LogP contribution in [0.15, 0.2) is 41.3 Å². The lowest BCUT2D eigenvalue weighted by atomic mass is 9.99. The number of rotatable bonds is 7. The third-order valence-electron chi connectivity index (χ3n) is 3.98. The molecular weight excluding hydrogens is 364 g/mol. The average Bonchev–Trinajstić information content (AvgIpc) is 3.09. The van der Waals surface area contributed by atoms with Gasteiger partial charge in [0.15, 0.2) is 5.69 Å². The van der Waals surface area contributed by atoms with Crippen LogP contribution in [-0.4, -0.2) is 59.0 Å². The number of para-hydroxylation sites is 1. The Balaban J connectivity index is 1.77. The van der Waals surface area contributed by atoms with Gasteiger partial charge in [-0.3, -0.25) is 19.5 Å². The molecule has 0 fully saturated rings. The number of anilines is 1. The first-order valence-corrected chi connectivity index (χ1v) is 9.49. The average molecular weight is 384 g/mol. The van der Waals surface area contributed by atoms with E-state index >= 15 is 0 Å². The highest BCUT2D eigenvalue weighted by atomic mass is 32.2. The molecule has 0 unspecified atom stereocenters. The van der Waals surface area contributed by atoms with E-state index in [9.17, 15) is 14.4 Å². The Kier molecular flexibility index (Phi) is 5.88. The van der Waals surface area contributed by atoms with Gasteiger partial charge in [0.1, 0.15) is 5.69 Å². The van der Waals surface area contributed by atoms with Gasteiger partial charge in [0, 0.05) is 11.8 Å². The van der Waals surface area contributed by atoms with E-state index in [1.165, 1.54) is 17.8 Å². The number of hydrogen-bond acceptors (Lipinski definition) is 6. The van der Waals surface area contributed by atoms with Gasteiger partial charge >= 0.3 is 0 Å². The molecule has 27 heavy (non-hydrogen) atoms. The molecular formula is C19H20N4O3S. The summed E-state index contributed by atoms with van der Waals surface area (Å²) in [7, 11) is 3.96. The Morgan fingerprint density at radius 2 is 1.96 bits per heavy atom. The summed E-state index contributed by atoms with van der Waals surface area (Å²) in [6.07, 6.45) is 2.21. The first-order valence-electron chi connectivity index (χ1n) is 8.50. The molecule has 7 nitrogen and oxygen atoms in total. The fourth-order valence-corrected chi connectivity index (χ4v) is 3.58. The summed E-state index contributed by atoms with van der Waals surface area (Å²) in [5.41, 5.74) is 0.635. The van der Waals surface area contributed by atoms with Gasteiger partial charge in [-0.05, 0) is 44.9 Å². The molecule has 2 N–H and O–H groups in total. The van der Waals surface area contributed by atoms with E-state index in [4.69, 9.17) is 0 Å². The summed E-state index contributed by atoms with van der Waals surface area (Å²) in [5.74, 6) is -0.502. The lowest BCUT2D eigenvalue weighted by Gasteiger charge is -2.13. The van der Waals surface area contributed by atoms with Crippen LogP contribution in [0.2, 0.25) is 0 Å². The summed E-state index contributed by atoms with van der Waals surface area (Å²) < 4.78 is 0. The molecule has 1 aliphatic rings. The Morgan fingerprint density at radius 1 is 1.22 bits per heavy atom. The first-order chi connectivity index (χ1) is 13.0. The van der Waals surface area contributed by atoms with Gasteiger partial charge in [-0.25, -0.2) is 0 Å². The van der Waals surface area contributed by atoms with Crippen LogP contribution in [-0.2, 0) is 0 Å². The number of allylic oxidation sites excluding steroid dienone is 2. The maximum absolute atomic E-state index is 12.8. The Bertz CT molecular complexity index is 903. The zero-order valence-electron chi connectivity index (χ0n) is 15.1. The third kappa shape index (κ3) is 4.35. The molecule has 1 aromatic carbocycles.